The van der Waals surface area contributed by atoms with Crippen LogP contribution in [0.1, 0.15) is 12.8 Å². The van der Waals surface area contributed by atoms with Gasteiger partial charge in [-0.25, -0.2) is 4.79 Å². The minimum atomic E-state index is -6.27. The smallest absolute Gasteiger partial charge is 0.438 e. The lowest BCUT2D eigenvalue weighted by Gasteiger charge is -2.35. The molecule has 1 aliphatic heterocycles. The molecule has 6 atom stereocenters. The molecule has 1 saturated heterocycles. The van der Waals surface area contributed by atoms with Crippen molar-refractivity contribution in [3.8, 4) is 6.07 Å². The summed E-state index contributed by atoms with van der Waals surface area (Å²) in [6.07, 6.45) is -16.8. The first-order valence-electron chi connectivity index (χ1n) is 8.52. The monoisotopic (exact) mass is 445 g/mol. The number of esters is 2. The number of fused-ring (bicyclic) bond motifs is 1. The highest BCUT2D eigenvalue weighted by Gasteiger charge is 2.75. The van der Waals surface area contributed by atoms with E-state index in [-0.39, 0.29) is 0 Å². The molecule has 0 aromatic heterocycles. The summed E-state index contributed by atoms with van der Waals surface area (Å²) in [6, 6.07) is 1.91. The van der Waals surface area contributed by atoms with Crippen molar-refractivity contribution in [2.45, 2.75) is 43.0 Å². The van der Waals surface area contributed by atoms with Crippen molar-refractivity contribution >= 4 is 17.9 Å². The summed E-state index contributed by atoms with van der Waals surface area (Å²) in [5.41, 5.74) is -5.26. The fourth-order valence-corrected chi connectivity index (χ4v) is 4.50. The maximum absolute atomic E-state index is 13.1. The van der Waals surface area contributed by atoms with Gasteiger partial charge in [-0.15, -0.1) is 0 Å². The third kappa shape index (κ3) is 3.24. The maximum Gasteiger partial charge on any atom is 0.438 e. The van der Waals surface area contributed by atoms with Gasteiger partial charge >= 0.3 is 35.9 Å². The Kier molecular flexibility index (Phi) is 5.16. The minimum Gasteiger partial charge on any atom is -0.481 e. The molecule has 3 rings (SSSR count). The number of aliphatic carboxylic acids is 1. The molecule has 2 aliphatic carbocycles. The minimum absolute atomic E-state index is 0.313. The maximum atomic E-state index is 13.1. The van der Waals surface area contributed by atoms with Crippen LogP contribution in [-0.2, 0) is 28.6 Å². The summed E-state index contributed by atoms with van der Waals surface area (Å²) in [6.45, 7) is -1.39. The van der Waals surface area contributed by atoms with Gasteiger partial charge in [-0.3, -0.25) is 9.59 Å². The molecule has 166 valence electrons. The van der Waals surface area contributed by atoms with Gasteiger partial charge in [0.2, 0.25) is 0 Å². The number of carbonyl (C=O) groups excluding carboxylic acids is 2. The van der Waals surface area contributed by atoms with E-state index in [0.29, 0.717) is 6.42 Å². The molecule has 0 spiro atoms. The molecule has 0 aromatic rings. The van der Waals surface area contributed by atoms with Crippen LogP contribution in [0.25, 0.3) is 0 Å². The topological polar surface area (TPSA) is 123 Å². The van der Waals surface area contributed by atoms with Crippen LogP contribution in [0.2, 0.25) is 0 Å². The molecule has 2 bridgehead atoms. The van der Waals surface area contributed by atoms with E-state index in [1.165, 1.54) is 0 Å². The zero-order chi connectivity index (χ0) is 22.6. The van der Waals surface area contributed by atoms with E-state index < -0.39 is 84.8 Å². The number of alkyl halides is 6. The summed E-state index contributed by atoms with van der Waals surface area (Å²) in [5.74, 6) is -7.75. The molecule has 2 saturated carbocycles. The third-order valence-corrected chi connectivity index (χ3v) is 5.69. The summed E-state index contributed by atoms with van der Waals surface area (Å²) in [5, 5.41) is 17.7. The molecule has 3 fully saturated rings. The van der Waals surface area contributed by atoms with Gasteiger partial charge in [-0.2, -0.15) is 31.6 Å². The van der Waals surface area contributed by atoms with Crippen molar-refractivity contribution in [3.05, 3.63) is 0 Å². The number of nitrogens with zero attached hydrogens (tertiary/aromatic N) is 1. The van der Waals surface area contributed by atoms with Crippen LogP contribution in [0.3, 0.4) is 0 Å². The van der Waals surface area contributed by atoms with Crippen LogP contribution >= 0.6 is 0 Å². The second-order valence-electron chi connectivity index (χ2n) is 7.29. The highest BCUT2D eigenvalue weighted by molar-refractivity contribution is 5.78. The Balaban J connectivity index is 1.74. The number of hydrogen-bond acceptors (Lipinski definition) is 7. The van der Waals surface area contributed by atoms with Gasteiger partial charge in [-0.1, -0.05) is 0 Å². The molecular formula is C16H13F6NO7. The Morgan fingerprint density at radius 1 is 1.17 bits per heavy atom. The zero-order valence-corrected chi connectivity index (χ0v) is 14.7. The lowest BCUT2D eigenvalue weighted by atomic mass is 9.79. The Hall–Kier alpha value is -2.56. The van der Waals surface area contributed by atoms with Crippen molar-refractivity contribution in [1.82, 2.24) is 0 Å². The van der Waals surface area contributed by atoms with Crippen LogP contribution in [0.15, 0.2) is 0 Å². The first-order valence-corrected chi connectivity index (χ1v) is 8.52. The number of halogens is 6. The van der Waals surface area contributed by atoms with Crippen molar-refractivity contribution < 1.29 is 60.0 Å². The predicted octanol–water partition coefficient (Wildman–Crippen LogP) is 1.58. The van der Waals surface area contributed by atoms with E-state index in [2.05, 4.69) is 4.74 Å². The average Bonchev–Trinajstić information content (AvgIpc) is 3.18. The van der Waals surface area contributed by atoms with Gasteiger partial charge < -0.3 is 19.3 Å². The van der Waals surface area contributed by atoms with Gasteiger partial charge in [0.25, 0.3) is 0 Å². The molecule has 30 heavy (non-hydrogen) atoms. The normalized spacial score (nSPS) is 32.6. The summed E-state index contributed by atoms with van der Waals surface area (Å²) >= 11 is 0. The molecule has 0 aromatic carbocycles. The molecule has 0 amide bonds. The van der Waals surface area contributed by atoms with Gasteiger partial charge in [0.1, 0.15) is 19.1 Å². The lowest BCUT2D eigenvalue weighted by molar-refractivity contribution is -0.370. The van der Waals surface area contributed by atoms with Crippen molar-refractivity contribution in [2.24, 2.45) is 23.7 Å². The summed E-state index contributed by atoms with van der Waals surface area (Å²) in [7, 11) is 0. The molecule has 3 aliphatic rings. The van der Waals surface area contributed by atoms with E-state index in [1.807, 2.05) is 6.07 Å². The van der Waals surface area contributed by atoms with Crippen LogP contribution in [0.5, 0.6) is 0 Å². The van der Waals surface area contributed by atoms with E-state index in [4.69, 9.17) is 14.6 Å². The fraction of sp³-hybridized carbons (Fsp3) is 0.750. The van der Waals surface area contributed by atoms with Crippen LogP contribution in [0, 0.1) is 35.0 Å². The molecule has 8 nitrogen and oxygen atoms in total. The highest BCUT2D eigenvalue weighted by Crippen LogP contribution is 2.58. The second-order valence-corrected chi connectivity index (χ2v) is 7.29. The Morgan fingerprint density at radius 2 is 1.77 bits per heavy atom. The number of rotatable bonds is 6. The number of ether oxygens (including phenoxy) is 3. The quantitative estimate of drug-likeness (QED) is 0.483. The first kappa shape index (κ1) is 22.1. The average molecular weight is 445 g/mol. The van der Waals surface area contributed by atoms with Crippen molar-refractivity contribution in [2.75, 3.05) is 6.61 Å². The van der Waals surface area contributed by atoms with Crippen LogP contribution < -0.4 is 0 Å². The van der Waals surface area contributed by atoms with E-state index in [9.17, 15) is 46.0 Å². The molecular weight excluding hydrogens is 432 g/mol. The molecule has 6 unspecified atom stereocenters. The number of carbonyl (C=O) groups is 3. The Morgan fingerprint density at radius 3 is 2.27 bits per heavy atom. The van der Waals surface area contributed by atoms with E-state index >= 15 is 0 Å². The first-order chi connectivity index (χ1) is 13.7. The zero-order valence-electron chi connectivity index (χ0n) is 14.7. The van der Waals surface area contributed by atoms with Crippen molar-refractivity contribution in [3.63, 3.8) is 0 Å². The third-order valence-electron chi connectivity index (χ3n) is 5.69. The molecule has 14 heteroatoms. The number of carboxylic acids is 1. The number of carboxylic acid groups (broad SMARTS) is 1. The van der Waals surface area contributed by atoms with Crippen LogP contribution in [0.4, 0.5) is 26.3 Å². The Bertz CT molecular complexity index is 789. The second kappa shape index (κ2) is 7.00. The largest absolute Gasteiger partial charge is 0.481 e. The SMILES string of the molecule is N#CC1C2CC3C(OC(=O)C13)C2OCC(=O)OC(CC(=O)O)(C(F)(F)F)C(F)(F)F. The lowest BCUT2D eigenvalue weighted by Crippen LogP contribution is -2.61. The summed E-state index contributed by atoms with van der Waals surface area (Å²) < 4.78 is 92.5. The van der Waals surface area contributed by atoms with Crippen molar-refractivity contribution in [1.29, 1.82) is 5.26 Å². The van der Waals surface area contributed by atoms with Gasteiger partial charge in [0, 0.05) is 11.8 Å². The summed E-state index contributed by atoms with van der Waals surface area (Å²) in [4.78, 5) is 34.3. The highest BCUT2D eigenvalue weighted by atomic mass is 19.4. The number of hydrogen-bond donors (Lipinski definition) is 1. The van der Waals surface area contributed by atoms with E-state index in [0.717, 1.165) is 0 Å². The van der Waals surface area contributed by atoms with Gasteiger partial charge in [0.05, 0.1) is 24.0 Å². The standard InChI is InChI=1S/C16H13F6NO7/c17-15(18,19)14(2-8(24)25,16(20,21)22)30-9(26)4-28-11-5-1-6-10(7(5)3-23)13(27)29-12(6)11/h5-7,10-12H,1-2,4H2,(H,24,25). The number of nitriles is 1. The van der Waals surface area contributed by atoms with E-state index in [1.54, 1.807) is 0 Å². The molecule has 1 heterocycles. The van der Waals surface area contributed by atoms with Crippen LogP contribution in [-0.4, -0.2) is 59.8 Å². The van der Waals surface area contributed by atoms with Gasteiger partial charge in [0.15, 0.2) is 0 Å². The molecule has 0 radical (unpaired) electrons. The van der Waals surface area contributed by atoms with Gasteiger partial charge in [-0.05, 0) is 6.42 Å². The fourth-order valence-electron chi connectivity index (χ4n) is 4.50. The Labute approximate surface area is 163 Å². The molecule has 1 N–H and O–H groups in total. The predicted molar refractivity (Wildman–Crippen MR) is 77.0 cm³/mol.